The predicted octanol–water partition coefficient (Wildman–Crippen LogP) is 5.73. The Morgan fingerprint density at radius 2 is 1.71 bits per heavy atom. The Bertz CT molecular complexity index is 2220. The fraction of sp³-hybridized carbons (Fsp3) is 0.289. The van der Waals surface area contributed by atoms with Crippen LogP contribution in [0.1, 0.15) is 50.5 Å². The molecule has 4 atom stereocenters. The van der Waals surface area contributed by atoms with E-state index in [1.807, 2.05) is 87.8 Å². The van der Waals surface area contributed by atoms with Crippen LogP contribution in [-0.4, -0.2) is 75.8 Å². The summed E-state index contributed by atoms with van der Waals surface area (Å²) in [4.78, 5) is 34.8. The number of likely N-dealkylation sites (tertiary alicyclic amines) is 1. The van der Waals surface area contributed by atoms with Crippen LogP contribution in [0.3, 0.4) is 0 Å². The zero-order chi connectivity index (χ0) is 35.8. The topological polar surface area (TPSA) is 159 Å². The second kappa shape index (κ2) is 14.0. The lowest BCUT2D eigenvalue weighted by Crippen LogP contribution is -2.49. The molecule has 0 spiro atoms. The molecule has 0 radical (unpaired) electrons. The summed E-state index contributed by atoms with van der Waals surface area (Å²) in [7, 11) is 0. The van der Waals surface area contributed by atoms with Crippen molar-refractivity contribution in [2.75, 3.05) is 6.54 Å². The van der Waals surface area contributed by atoms with Gasteiger partial charge in [-0.05, 0) is 61.2 Å². The number of aromatic hydroxyl groups is 1. The van der Waals surface area contributed by atoms with Crippen molar-refractivity contribution in [3.05, 3.63) is 95.8 Å². The summed E-state index contributed by atoms with van der Waals surface area (Å²) in [5.41, 5.74) is 7.90. The van der Waals surface area contributed by atoms with E-state index in [2.05, 4.69) is 30.8 Å². The maximum Gasteiger partial charge on any atom is 0.248 e. The van der Waals surface area contributed by atoms with Gasteiger partial charge in [0.05, 0.1) is 45.6 Å². The number of phenolic OH excluding ortho intramolecular Hbond substituents is 1. The molecule has 51 heavy (non-hydrogen) atoms. The van der Waals surface area contributed by atoms with E-state index >= 15 is 0 Å². The summed E-state index contributed by atoms with van der Waals surface area (Å²) in [6, 6.07) is 20.5. The molecule has 1 saturated heterocycles. The zero-order valence-electron chi connectivity index (χ0n) is 28.6. The Balaban J connectivity index is 1.08. The molecule has 3 aromatic heterocycles. The van der Waals surface area contributed by atoms with Gasteiger partial charge >= 0.3 is 0 Å². The van der Waals surface area contributed by atoms with Crippen LogP contribution in [0.25, 0.3) is 43.9 Å². The Labute approximate surface area is 298 Å². The number of carbonyl (C=O) groups excluding carboxylic acids is 2. The van der Waals surface area contributed by atoms with Gasteiger partial charge in [-0.1, -0.05) is 61.5 Å². The number of aliphatic hydroxyl groups is 1. The van der Waals surface area contributed by atoms with E-state index in [1.165, 1.54) is 4.90 Å². The van der Waals surface area contributed by atoms with Crippen LogP contribution in [0.5, 0.6) is 5.75 Å². The number of fused-ring (bicyclic) bond motifs is 1. The number of para-hydroxylation sites is 1. The Kier molecular flexibility index (Phi) is 9.32. The van der Waals surface area contributed by atoms with Gasteiger partial charge in [-0.3, -0.25) is 9.59 Å². The van der Waals surface area contributed by atoms with Crippen molar-refractivity contribution in [2.24, 2.45) is 5.92 Å². The molecule has 3 N–H and O–H groups in total. The number of carbonyl (C=O) groups is 2. The molecule has 1 aliphatic heterocycles. The highest BCUT2D eigenvalue weighted by molar-refractivity contribution is 7.13. The molecule has 1 fully saturated rings. The summed E-state index contributed by atoms with van der Waals surface area (Å²) >= 11 is 1.59. The molecule has 0 aliphatic carbocycles. The largest absolute Gasteiger partial charge is 0.507 e. The van der Waals surface area contributed by atoms with Crippen molar-refractivity contribution in [3.63, 3.8) is 0 Å². The first-order valence-corrected chi connectivity index (χ1v) is 17.7. The minimum atomic E-state index is -0.835. The number of nitrogens with one attached hydrogen (secondary N) is 1. The lowest BCUT2D eigenvalue weighted by Gasteiger charge is -2.30. The third-order valence-electron chi connectivity index (χ3n) is 9.38. The van der Waals surface area contributed by atoms with E-state index in [4.69, 9.17) is 0 Å². The Hall–Kier alpha value is -5.53. The lowest BCUT2D eigenvalue weighted by molar-refractivity contribution is -0.142. The number of benzene rings is 3. The maximum absolute atomic E-state index is 14.2. The van der Waals surface area contributed by atoms with Gasteiger partial charge in [0.1, 0.15) is 23.5 Å². The number of nitrogens with zero attached hydrogens (tertiary/aromatic N) is 7. The fourth-order valence-corrected chi connectivity index (χ4v) is 7.46. The average molecular weight is 703 g/mol. The zero-order valence-corrected chi connectivity index (χ0v) is 29.5. The third-order valence-corrected chi connectivity index (χ3v) is 10.4. The molecule has 1 aliphatic rings. The SMILES string of the molecule is Cc1ncsc1-c1ccc([C@H](C)NC(=O)[C@@H]2C[C@@H](O)CN2C(=O)C(C(C)C)n2cc(-c3ccc4nnc(-c5ccccc5O)cc4c3)nn2)cc1. The van der Waals surface area contributed by atoms with E-state index in [9.17, 15) is 19.8 Å². The van der Waals surface area contributed by atoms with Crippen LogP contribution in [-0.2, 0) is 9.59 Å². The van der Waals surface area contributed by atoms with Crippen molar-refractivity contribution in [2.45, 2.75) is 58.3 Å². The summed E-state index contributed by atoms with van der Waals surface area (Å²) in [5.74, 6) is -0.710. The van der Waals surface area contributed by atoms with Gasteiger partial charge in [-0.25, -0.2) is 9.67 Å². The highest BCUT2D eigenvalue weighted by Gasteiger charge is 2.43. The monoisotopic (exact) mass is 702 g/mol. The number of aromatic nitrogens is 6. The maximum atomic E-state index is 14.2. The summed E-state index contributed by atoms with van der Waals surface area (Å²) in [5, 5.41) is 42.2. The number of aryl methyl sites for hydroxylation is 1. The molecule has 6 aromatic rings. The Morgan fingerprint density at radius 3 is 2.43 bits per heavy atom. The molecule has 0 saturated carbocycles. The molecule has 4 heterocycles. The normalized spacial score (nSPS) is 17.2. The van der Waals surface area contributed by atoms with Gasteiger partial charge in [-0.15, -0.1) is 26.6 Å². The summed E-state index contributed by atoms with van der Waals surface area (Å²) < 4.78 is 1.54. The summed E-state index contributed by atoms with van der Waals surface area (Å²) in [6.45, 7) is 7.76. The van der Waals surface area contributed by atoms with E-state index < -0.39 is 18.2 Å². The van der Waals surface area contributed by atoms with E-state index in [0.717, 1.165) is 32.6 Å². The first kappa shape index (κ1) is 33.9. The number of thiazole rings is 1. The number of hydrogen-bond donors (Lipinski definition) is 3. The van der Waals surface area contributed by atoms with Gasteiger partial charge < -0.3 is 20.4 Å². The minimum Gasteiger partial charge on any atom is -0.507 e. The van der Waals surface area contributed by atoms with Crippen molar-refractivity contribution < 1.29 is 19.8 Å². The van der Waals surface area contributed by atoms with Crippen LogP contribution in [0.4, 0.5) is 0 Å². The molecule has 2 amide bonds. The van der Waals surface area contributed by atoms with Crippen LogP contribution in [0.15, 0.2) is 84.5 Å². The second-order valence-corrected chi connectivity index (χ2v) is 14.2. The number of hydrogen-bond acceptors (Lipinski definition) is 10. The molecular formula is C38H38N8O4S. The molecular weight excluding hydrogens is 665 g/mol. The number of phenols is 1. The van der Waals surface area contributed by atoms with Crippen molar-refractivity contribution in [3.8, 4) is 38.7 Å². The first-order chi connectivity index (χ1) is 24.6. The second-order valence-electron chi connectivity index (χ2n) is 13.3. The minimum absolute atomic E-state index is 0.0456. The molecule has 13 heteroatoms. The lowest BCUT2D eigenvalue weighted by atomic mass is 10.0. The average Bonchev–Trinajstić information content (AvgIpc) is 3.88. The molecule has 0 bridgehead atoms. The van der Waals surface area contributed by atoms with Gasteiger partial charge in [0.2, 0.25) is 11.8 Å². The number of rotatable bonds is 9. The predicted molar refractivity (Wildman–Crippen MR) is 194 cm³/mol. The highest BCUT2D eigenvalue weighted by atomic mass is 32.1. The van der Waals surface area contributed by atoms with Crippen LogP contribution in [0.2, 0.25) is 0 Å². The number of amides is 2. The third kappa shape index (κ3) is 6.82. The molecule has 3 aromatic carbocycles. The standard InChI is InChI=1S/C38H38N8O4S/c1-21(2)35(46-19-32(43-44-46)26-13-14-30-27(15-26)16-31(42-41-30)29-7-5-6-8-34(29)48)38(50)45-18-28(47)17-33(45)37(49)40-22(3)24-9-11-25(12-10-24)36-23(4)39-20-51-36/h5-16,19-22,28,33,35,47-48H,17-18H2,1-4H3,(H,40,49)/t22-,28+,33-,35?/m0/s1. The summed E-state index contributed by atoms with van der Waals surface area (Å²) in [6.07, 6.45) is 1.04. The molecule has 260 valence electrons. The van der Waals surface area contributed by atoms with Crippen molar-refractivity contribution in [1.29, 1.82) is 0 Å². The van der Waals surface area contributed by atoms with Crippen molar-refractivity contribution in [1.82, 2.24) is 40.4 Å². The van der Waals surface area contributed by atoms with Gasteiger partial charge in [0, 0.05) is 29.5 Å². The highest BCUT2D eigenvalue weighted by Crippen LogP contribution is 2.32. The van der Waals surface area contributed by atoms with Gasteiger partial charge in [0.15, 0.2) is 0 Å². The van der Waals surface area contributed by atoms with Crippen molar-refractivity contribution >= 4 is 34.1 Å². The number of β-amino-alcohol motifs (C(OH)–C–C–N with tert-alkyl or cyclic N) is 1. The van der Waals surface area contributed by atoms with Crippen LogP contribution >= 0.6 is 11.3 Å². The van der Waals surface area contributed by atoms with E-state index in [0.29, 0.717) is 22.5 Å². The van der Waals surface area contributed by atoms with Crippen LogP contribution < -0.4 is 5.32 Å². The Morgan fingerprint density at radius 1 is 0.941 bits per heavy atom. The van der Waals surface area contributed by atoms with Crippen LogP contribution in [0, 0.1) is 12.8 Å². The quantitative estimate of drug-likeness (QED) is 0.171. The van der Waals surface area contributed by atoms with Gasteiger partial charge in [-0.2, -0.15) is 0 Å². The van der Waals surface area contributed by atoms with E-state index in [-0.39, 0.29) is 42.5 Å². The smallest absolute Gasteiger partial charge is 0.248 e. The van der Waals surface area contributed by atoms with Gasteiger partial charge in [0.25, 0.3) is 0 Å². The molecule has 12 nitrogen and oxygen atoms in total. The molecule has 1 unspecified atom stereocenters. The van der Waals surface area contributed by atoms with E-state index in [1.54, 1.807) is 40.4 Å². The number of aliphatic hydroxyl groups excluding tert-OH is 1. The first-order valence-electron chi connectivity index (χ1n) is 16.8. The fourth-order valence-electron chi connectivity index (χ4n) is 6.65. The molecule has 7 rings (SSSR count).